The van der Waals surface area contributed by atoms with E-state index in [9.17, 15) is 15.3 Å². The molecule has 1 aliphatic rings. The van der Waals surface area contributed by atoms with Gasteiger partial charge in [-0.05, 0) is 24.3 Å². The summed E-state index contributed by atoms with van der Waals surface area (Å²) >= 11 is 0. The first-order valence-electron chi connectivity index (χ1n) is 9.75. The van der Waals surface area contributed by atoms with E-state index in [1.807, 2.05) is 30.3 Å². The Bertz CT molecular complexity index is 1250. The van der Waals surface area contributed by atoms with E-state index < -0.39 is 31.1 Å². The van der Waals surface area contributed by atoms with Gasteiger partial charge in [-0.15, -0.1) is 0 Å². The molecule has 0 radical (unpaired) electrons. The number of ether oxygens (including phenoxy) is 1. The van der Waals surface area contributed by atoms with Crippen molar-refractivity contribution in [2.24, 2.45) is 0 Å². The molecule has 4 aromatic rings. The zero-order chi connectivity index (χ0) is 21.5. The number of anilines is 3. The molecule has 5 rings (SSSR count). The minimum absolute atomic E-state index is 0.314. The summed E-state index contributed by atoms with van der Waals surface area (Å²) in [5.41, 5.74) is 2.54. The summed E-state index contributed by atoms with van der Waals surface area (Å²) in [6.45, 7) is -0.415. The van der Waals surface area contributed by atoms with Crippen LogP contribution in [0.15, 0.2) is 42.9 Å². The molecule has 0 aliphatic carbocycles. The van der Waals surface area contributed by atoms with E-state index >= 15 is 0 Å². The van der Waals surface area contributed by atoms with Crippen LogP contribution >= 0.6 is 0 Å². The summed E-state index contributed by atoms with van der Waals surface area (Å²) in [5, 5.41) is 37.0. The van der Waals surface area contributed by atoms with Gasteiger partial charge in [0.15, 0.2) is 23.2 Å². The average molecular weight is 423 g/mol. The van der Waals surface area contributed by atoms with E-state index in [-0.39, 0.29) is 0 Å². The molecule has 4 unspecified atom stereocenters. The lowest BCUT2D eigenvalue weighted by Gasteiger charge is -2.17. The zero-order valence-electron chi connectivity index (χ0n) is 16.5. The number of pyridine rings is 1. The fourth-order valence-electron chi connectivity index (χ4n) is 3.73. The molecule has 11 nitrogen and oxygen atoms in total. The Hall–Kier alpha value is -3.38. The maximum atomic E-state index is 10.4. The molecule has 11 heteroatoms. The predicted octanol–water partition coefficient (Wildman–Crippen LogP) is 0.771. The van der Waals surface area contributed by atoms with Gasteiger partial charge in [0, 0.05) is 24.3 Å². The normalized spacial score (nSPS) is 23.5. The van der Waals surface area contributed by atoms with Crippen LogP contribution in [0.2, 0.25) is 0 Å². The molecular formula is C20H21N7O4. The van der Waals surface area contributed by atoms with Gasteiger partial charge < -0.3 is 30.7 Å². The third kappa shape index (κ3) is 3.33. The Morgan fingerprint density at radius 2 is 2.00 bits per heavy atom. The van der Waals surface area contributed by atoms with Crippen LogP contribution < -0.4 is 10.6 Å². The predicted molar refractivity (Wildman–Crippen MR) is 113 cm³/mol. The number of aromatic nitrogens is 5. The van der Waals surface area contributed by atoms with Crippen molar-refractivity contribution < 1.29 is 20.1 Å². The van der Waals surface area contributed by atoms with E-state index in [4.69, 9.17) is 4.74 Å². The molecule has 1 aromatic carbocycles. The monoisotopic (exact) mass is 423 g/mol. The van der Waals surface area contributed by atoms with Crippen LogP contribution in [0.5, 0.6) is 0 Å². The Kier molecular flexibility index (Phi) is 4.87. The van der Waals surface area contributed by atoms with Crippen LogP contribution in [0.4, 0.5) is 17.5 Å². The number of aliphatic hydroxyl groups is 3. The minimum Gasteiger partial charge on any atom is -0.394 e. The van der Waals surface area contributed by atoms with Gasteiger partial charge in [-0.25, -0.2) is 4.98 Å². The molecule has 160 valence electrons. The standard InChI is InChI=1S/C20H21N7O4/c1-21-17-14-18(27(9-23-14)19-16(30)15(29)13(8-28)31-19)26-20(25-17)24-11-4-5-12-10(7-11)3-2-6-22-12/h2-7,9,13,15-16,19,28-30H,8H2,1H3,(H2,21,24,25,26). The molecule has 1 saturated heterocycles. The van der Waals surface area contributed by atoms with Crippen molar-refractivity contribution in [3.8, 4) is 0 Å². The third-order valence-corrected chi connectivity index (χ3v) is 5.31. The quantitative estimate of drug-likeness (QED) is 0.311. The van der Waals surface area contributed by atoms with Crippen LogP contribution in [-0.2, 0) is 4.74 Å². The molecule has 5 N–H and O–H groups in total. The van der Waals surface area contributed by atoms with Gasteiger partial charge >= 0.3 is 0 Å². The Balaban J connectivity index is 1.54. The molecule has 0 saturated carbocycles. The van der Waals surface area contributed by atoms with E-state index in [0.717, 1.165) is 16.6 Å². The molecule has 1 aliphatic heterocycles. The van der Waals surface area contributed by atoms with Crippen LogP contribution in [0.25, 0.3) is 22.1 Å². The number of imidazole rings is 1. The second-order valence-corrected chi connectivity index (χ2v) is 7.23. The van der Waals surface area contributed by atoms with Crippen LogP contribution in [-0.4, -0.2) is 71.8 Å². The van der Waals surface area contributed by atoms with Crippen molar-refractivity contribution >= 4 is 39.5 Å². The van der Waals surface area contributed by atoms with Crippen LogP contribution in [0, 0.1) is 0 Å². The highest BCUT2D eigenvalue weighted by Crippen LogP contribution is 2.33. The Labute approximate surface area is 176 Å². The summed E-state index contributed by atoms with van der Waals surface area (Å²) in [4.78, 5) is 17.7. The highest BCUT2D eigenvalue weighted by Gasteiger charge is 2.44. The van der Waals surface area contributed by atoms with E-state index in [1.54, 1.807) is 13.2 Å². The number of hydrogen-bond donors (Lipinski definition) is 5. The zero-order valence-corrected chi connectivity index (χ0v) is 16.5. The molecule has 4 heterocycles. The minimum atomic E-state index is -1.24. The van der Waals surface area contributed by atoms with Gasteiger partial charge in [0.05, 0.1) is 18.5 Å². The number of nitrogens with one attached hydrogen (secondary N) is 2. The number of fused-ring (bicyclic) bond motifs is 2. The molecule has 3 aromatic heterocycles. The number of aliphatic hydroxyl groups excluding tert-OH is 3. The summed E-state index contributed by atoms with van der Waals surface area (Å²) in [7, 11) is 1.72. The Morgan fingerprint density at radius 1 is 1.13 bits per heavy atom. The molecule has 4 atom stereocenters. The maximum absolute atomic E-state index is 10.4. The lowest BCUT2D eigenvalue weighted by atomic mass is 10.1. The summed E-state index contributed by atoms with van der Waals surface area (Å²) in [6.07, 6.45) is -1.10. The molecule has 0 amide bonds. The van der Waals surface area contributed by atoms with Crippen molar-refractivity contribution in [2.75, 3.05) is 24.3 Å². The number of hydrogen-bond acceptors (Lipinski definition) is 10. The van der Waals surface area contributed by atoms with E-state index in [1.165, 1.54) is 10.9 Å². The van der Waals surface area contributed by atoms with Gasteiger partial charge in [-0.1, -0.05) is 6.07 Å². The topological polar surface area (TPSA) is 150 Å². The van der Waals surface area contributed by atoms with Gasteiger partial charge in [0.1, 0.15) is 18.3 Å². The first-order valence-corrected chi connectivity index (χ1v) is 9.75. The summed E-state index contributed by atoms with van der Waals surface area (Å²) in [5.74, 6) is 0.800. The highest BCUT2D eigenvalue weighted by atomic mass is 16.6. The van der Waals surface area contributed by atoms with Crippen molar-refractivity contribution in [3.05, 3.63) is 42.9 Å². The fraction of sp³-hybridized carbons (Fsp3) is 0.300. The summed E-state index contributed by atoms with van der Waals surface area (Å²) in [6, 6.07) is 9.56. The van der Waals surface area contributed by atoms with E-state index in [0.29, 0.717) is 22.9 Å². The Morgan fingerprint density at radius 3 is 2.77 bits per heavy atom. The molecule has 31 heavy (non-hydrogen) atoms. The van der Waals surface area contributed by atoms with Gasteiger partial charge in [-0.3, -0.25) is 9.55 Å². The molecule has 0 bridgehead atoms. The number of rotatable bonds is 5. The van der Waals surface area contributed by atoms with Crippen molar-refractivity contribution in [2.45, 2.75) is 24.5 Å². The SMILES string of the molecule is CNc1nc(Nc2ccc3ncccc3c2)nc2c1ncn2C1OC(CO)C(O)C1O. The third-order valence-electron chi connectivity index (χ3n) is 5.31. The highest BCUT2D eigenvalue weighted by molar-refractivity contribution is 5.86. The van der Waals surface area contributed by atoms with Gasteiger partial charge in [0.25, 0.3) is 0 Å². The summed E-state index contributed by atoms with van der Waals surface area (Å²) < 4.78 is 7.16. The lowest BCUT2D eigenvalue weighted by molar-refractivity contribution is -0.0511. The lowest BCUT2D eigenvalue weighted by Crippen LogP contribution is -2.33. The second kappa shape index (κ2) is 7.71. The van der Waals surface area contributed by atoms with Crippen LogP contribution in [0.3, 0.4) is 0 Å². The fourth-order valence-corrected chi connectivity index (χ4v) is 3.73. The van der Waals surface area contributed by atoms with Crippen molar-refractivity contribution in [1.29, 1.82) is 0 Å². The first-order chi connectivity index (χ1) is 15.1. The maximum Gasteiger partial charge on any atom is 0.231 e. The largest absolute Gasteiger partial charge is 0.394 e. The smallest absolute Gasteiger partial charge is 0.231 e. The second-order valence-electron chi connectivity index (χ2n) is 7.23. The first kappa shape index (κ1) is 19.6. The van der Waals surface area contributed by atoms with Crippen LogP contribution in [0.1, 0.15) is 6.23 Å². The van der Waals surface area contributed by atoms with Gasteiger partial charge in [0.2, 0.25) is 5.95 Å². The number of benzene rings is 1. The number of nitrogens with zero attached hydrogens (tertiary/aromatic N) is 5. The van der Waals surface area contributed by atoms with Crippen molar-refractivity contribution in [3.63, 3.8) is 0 Å². The molecular weight excluding hydrogens is 402 g/mol. The average Bonchev–Trinajstić information content (AvgIpc) is 3.34. The molecule has 0 spiro atoms. The van der Waals surface area contributed by atoms with E-state index in [2.05, 4.69) is 30.6 Å². The van der Waals surface area contributed by atoms with Crippen molar-refractivity contribution in [1.82, 2.24) is 24.5 Å². The molecule has 1 fully saturated rings. The van der Waals surface area contributed by atoms with Gasteiger partial charge in [-0.2, -0.15) is 9.97 Å².